The lowest BCUT2D eigenvalue weighted by molar-refractivity contribution is -0.830. The van der Waals surface area contributed by atoms with Crippen LogP contribution in [0, 0.1) is 0 Å². The van der Waals surface area contributed by atoms with Gasteiger partial charge in [0.05, 0.1) is 25.3 Å². The Kier molecular flexibility index (Phi) is 5.63. The first kappa shape index (κ1) is 15.6. The van der Waals surface area contributed by atoms with Crippen molar-refractivity contribution in [2.75, 3.05) is 20.8 Å². The van der Waals surface area contributed by atoms with E-state index in [0.29, 0.717) is 5.69 Å². The predicted octanol–water partition coefficient (Wildman–Crippen LogP) is -1.13. The lowest BCUT2D eigenvalue weighted by Gasteiger charge is -2.06. The molecule has 1 aromatic rings. The second kappa shape index (κ2) is 7.22. The van der Waals surface area contributed by atoms with Gasteiger partial charge in [0.25, 0.3) is 5.91 Å². The second-order valence-electron chi connectivity index (χ2n) is 3.73. The van der Waals surface area contributed by atoms with E-state index in [1.165, 1.54) is 37.9 Å². The van der Waals surface area contributed by atoms with Crippen LogP contribution in [0.4, 0.5) is 5.69 Å². The van der Waals surface area contributed by atoms with E-state index in [1.54, 1.807) is 0 Å². The number of hydrogen-bond donors (Lipinski definition) is 2. The first-order chi connectivity index (χ1) is 9.47. The highest BCUT2D eigenvalue weighted by atomic mass is 16.6. The summed E-state index contributed by atoms with van der Waals surface area (Å²) in [5.41, 5.74) is 6.94. The summed E-state index contributed by atoms with van der Waals surface area (Å²) in [5.74, 6) is -2.16. The molecule has 0 bridgehead atoms. The van der Waals surface area contributed by atoms with Crippen LogP contribution in [0.5, 0.6) is 0 Å². The van der Waals surface area contributed by atoms with Gasteiger partial charge in [-0.3, -0.25) is 4.79 Å². The second-order valence-corrected chi connectivity index (χ2v) is 3.73. The van der Waals surface area contributed by atoms with Crippen LogP contribution >= 0.6 is 0 Å². The van der Waals surface area contributed by atoms with Crippen molar-refractivity contribution >= 4 is 23.5 Å². The van der Waals surface area contributed by atoms with Crippen LogP contribution in [-0.2, 0) is 19.1 Å². The van der Waals surface area contributed by atoms with Gasteiger partial charge in [-0.25, -0.2) is 14.4 Å². The van der Waals surface area contributed by atoms with Crippen molar-refractivity contribution in [1.82, 2.24) is 0 Å². The zero-order valence-electron chi connectivity index (χ0n) is 11.0. The Morgan fingerprint density at radius 1 is 1.10 bits per heavy atom. The number of ether oxygens (including phenoxy) is 2. The van der Waals surface area contributed by atoms with E-state index in [-0.39, 0.29) is 11.1 Å². The lowest BCUT2D eigenvalue weighted by Crippen LogP contribution is -2.76. The molecule has 0 radical (unpaired) electrons. The summed E-state index contributed by atoms with van der Waals surface area (Å²) in [7, 11) is 2.65. The van der Waals surface area contributed by atoms with Gasteiger partial charge in [-0.1, -0.05) is 0 Å². The number of rotatable bonds is 6. The summed E-state index contributed by atoms with van der Waals surface area (Å²) in [6, 6.07) is 4.22. The molecule has 0 saturated heterocycles. The monoisotopic (exact) mass is 283 g/mol. The van der Waals surface area contributed by atoms with Gasteiger partial charge in [0, 0.05) is 12.1 Å². The molecule has 0 aromatic heterocycles. The van der Waals surface area contributed by atoms with Crippen molar-refractivity contribution in [3.8, 4) is 0 Å². The first-order valence-electron chi connectivity index (χ1n) is 5.52. The normalized spacial score (nSPS) is 9.90. The third-order valence-corrected chi connectivity index (χ3v) is 2.21. The van der Waals surface area contributed by atoms with Gasteiger partial charge in [-0.15, -0.1) is 0 Å². The Hall–Kier alpha value is -2.45. The van der Waals surface area contributed by atoms with Crippen LogP contribution in [0.3, 0.4) is 0 Å². The van der Waals surface area contributed by atoms with E-state index in [2.05, 4.69) is 9.47 Å². The highest BCUT2D eigenvalue weighted by Crippen LogP contribution is 2.13. The molecule has 0 aliphatic rings. The van der Waals surface area contributed by atoms with Crippen LogP contribution in [0.25, 0.3) is 0 Å². The number of esters is 2. The lowest BCUT2D eigenvalue weighted by atomic mass is 10.1. The molecule has 108 valence electrons. The fourth-order valence-corrected chi connectivity index (χ4v) is 1.43. The standard InChI is InChI=1S/C12H14N2O6/c1-18-11(16)7-3-8(5-9(4-7)14-19-2)12(17)20-6-10(13)15/h3-5,14H,6H2,1-2H3,(H2,13,15)/p+1. The number of carbonyl (C=O) groups excluding carboxylic acids is 3. The van der Waals surface area contributed by atoms with Gasteiger partial charge in [0.2, 0.25) is 0 Å². The third-order valence-electron chi connectivity index (χ3n) is 2.21. The summed E-state index contributed by atoms with van der Waals surface area (Å²) in [5, 5.41) is 0. The molecule has 0 saturated carbocycles. The maximum absolute atomic E-state index is 11.7. The van der Waals surface area contributed by atoms with E-state index in [9.17, 15) is 14.4 Å². The molecule has 8 heteroatoms. The van der Waals surface area contributed by atoms with Gasteiger partial charge < -0.3 is 15.2 Å². The van der Waals surface area contributed by atoms with Gasteiger partial charge in [0.15, 0.2) is 12.3 Å². The summed E-state index contributed by atoms with van der Waals surface area (Å²) in [6.45, 7) is -0.537. The highest BCUT2D eigenvalue weighted by Gasteiger charge is 2.16. The fourth-order valence-electron chi connectivity index (χ4n) is 1.43. The molecule has 4 N–H and O–H groups in total. The van der Waals surface area contributed by atoms with E-state index in [4.69, 9.17) is 10.6 Å². The van der Waals surface area contributed by atoms with Crippen molar-refractivity contribution in [1.29, 1.82) is 0 Å². The van der Waals surface area contributed by atoms with E-state index in [0.717, 1.165) is 0 Å². The Morgan fingerprint density at radius 3 is 2.20 bits per heavy atom. The van der Waals surface area contributed by atoms with Crippen molar-refractivity contribution < 1.29 is 34.2 Å². The van der Waals surface area contributed by atoms with Gasteiger partial charge in [-0.2, -0.15) is 5.48 Å². The van der Waals surface area contributed by atoms with Gasteiger partial charge in [-0.05, 0) is 6.07 Å². The molecule has 0 aliphatic carbocycles. The van der Waals surface area contributed by atoms with Gasteiger partial charge >= 0.3 is 11.9 Å². The summed E-state index contributed by atoms with van der Waals surface area (Å²) < 4.78 is 9.25. The molecule has 20 heavy (non-hydrogen) atoms. The number of nitrogens with two attached hydrogens (primary N) is 2. The Balaban J connectivity index is 3.04. The van der Waals surface area contributed by atoms with Gasteiger partial charge in [0.1, 0.15) is 0 Å². The maximum atomic E-state index is 11.7. The molecular weight excluding hydrogens is 268 g/mol. The molecule has 0 unspecified atom stereocenters. The number of hydrogen-bond acceptors (Lipinski definition) is 6. The molecule has 1 aromatic carbocycles. The van der Waals surface area contributed by atoms with Crippen LogP contribution in [0.1, 0.15) is 20.7 Å². The highest BCUT2D eigenvalue weighted by molar-refractivity contribution is 5.97. The Morgan fingerprint density at radius 2 is 1.70 bits per heavy atom. The topological polar surface area (TPSA) is 122 Å². The van der Waals surface area contributed by atoms with Crippen LogP contribution < -0.4 is 11.2 Å². The summed E-state index contributed by atoms with van der Waals surface area (Å²) >= 11 is 0. The molecule has 0 fully saturated rings. The Labute approximate surface area is 114 Å². The average molecular weight is 283 g/mol. The molecule has 1 amide bonds. The number of primary amides is 1. The number of carbonyl (C=O) groups is 3. The molecular formula is C12H15N2O6+. The first-order valence-corrected chi connectivity index (χ1v) is 5.52. The van der Waals surface area contributed by atoms with Crippen molar-refractivity contribution in [2.45, 2.75) is 0 Å². The largest absolute Gasteiger partial charge is 0.465 e. The summed E-state index contributed by atoms with van der Waals surface area (Å²) in [6.07, 6.45) is 0. The zero-order valence-corrected chi connectivity index (χ0v) is 11.0. The van der Waals surface area contributed by atoms with Crippen LogP contribution in [0.15, 0.2) is 18.2 Å². The quantitative estimate of drug-likeness (QED) is 0.387. The minimum atomic E-state index is -0.777. The fraction of sp³-hybridized carbons (Fsp3) is 0.250. The molecule has 0 heterocycles. The van der Waals surface area contributed by atoms with E-state index >= 15 is 0 Å². The SMILES string of the molecule is CO[NH2+]c1cc(C(=O)OC)cc(C(=O)OCC(N)=O)c1. The zero-order chi connectivity index (χ0) is 15.1. The number of methoxy groups -OCH3 is 1. The molecule has 1 rings (SSSR count). The van der Waals surface area contributed by atoms with E-state index in [1.807, 2.05) is 0 Å². The van der Waals surface area contributed by atoms with E-state index < -0.39 is 24.5 Å². The number of benzene rings is 1. The molecule has 0 aliphatic heterocycles. The third kappa shape index (κ3) is 4.34. The van der Waals surface area contributed by atoms with Crippen molar-refractivity contribution in [3.05, 3.63) is 29.3 Å². The van der Waals surface area contributed by atoms with Crippen LogP contribution in [0.2, 0.25) is 0 Å². The van der Waals surface area contributed by atoms with Crippen molar-refractivity contribution in [2.24, 2.45) is 5.73 Å². The molecule has 0 atom stereocenters. The minimum Gasteiger partial charge on any atom is -0.465 e. The Bertz CT molecular complexity index is 529. The predicted molar refractivity (Wildman–Crippen MR) is 65.9 cm³/mol. The smallest absolute Gasteiger partial charge is 0.338 e. The molecule has 0 spiro atoms. The van der Waals surface area contributed by atoms with Crippen LogP contribution in [-0.4, -0.2) is 38.7 Å². The summed E-state index contributed by atoms with van der Waals surface area (Å²) in [4.78, 5) is 38.6. The average Bonchev–Trinajstić information content (AvgIpc) is 2.43. The number of amides is 1. The molecule has 8 nitrogen and oxygen atoms in total. The minimum absolute atomic E-state index is 0.0810. The van der Waals surface area contributed by atoms with Crippen molar-refractivity contribution in [3.63, 3.8) is 0 Å². The maximum Gasteiger partial charge on any atom is 0.338 e. The number of quaternary nitrogens is 1.